The Labute approximate surface area is 163 Å². The van der Waals surface area contributed by atoms with E-state index >= 15 is 0 Å². The van der Waals surface area contributed by atoms with Crippen LogP contribution in [0.1, 0.15) is 29.6 Å². The molecular weight excluding hydrogens is 406 g/mol. The third-order valence-corrected chi connectivity index (χ3v) is 5.78. The number of piperazine rings is 1. The zero-order chi connectivity index (χ0) is 17.1. The van der Waals surface area contributed by atoms with Gasteiger partial charge in [0.15, 0.2) is 0 Å². The molecule has 5 nitrogen and oxygen atoms in total. The van der Waals surface area contributed by atoms with E-state index in [1.54, 1.807) is 0 Å². The minimum absolute atomic E-state index is 0. The van der Waals surface area contributed by atoms with Crippen LogP contribution in [0, 0.1) is 11.8 Å². The molecule has 0 unspecified atom stereocenters. The largest absolute Gasteiger partial charge is 0.339 e. The lowest BCUT2D eigenvalue weighted by atomic mass is 9.94. The van der Waals surface area contributed by atoms with Gasteiger partial charge in [0, 0.05) is 42.1 Å². The molecule has 1 aromatic rings. The molecule has 138 valence electrons. The number of nitrogens with zero attached hydrogens (tertiary/aromatic N) is 2. The normalized spacial score (nSPS) is 23.3. The molecular formula is C18H25BrClN3O2. The zero-order valence-corrected chi connectivity index (χ0v) is 16.6. The fraction of sp³-hybridized carbons (Fsp3) is 0.556. The standard InChI is InChI=1S/C18H24BrN3O2.ClH/c19-15-6-4-13(5-7-15)17(23)21-8-10-22(11-9-21)18(24)16-3-1-2-14(16)12-20;/h4-7,14,16H,1-3,8-12,20H2;1H/t14-,16-;/m1./s1. The predicted molar refractivity (Wildman–Crippen MR) is 104 cm³/mol. The van der Waals surface area contributed by atoms with Crippen molar-refractivity contribution in [2.45, 2.75) is 19.3 Å². The van der Waals surface area contributed by atoms with Gasteiger partial charge in [-0.2, -0.15) is 0 Å². The van der Waals surface area contributed by atoms with Crippen LogP contribution in [-0.4, -0.2) is 54.3 Å². The number of carbonyl (C=O) groups excluding carboxylic acids is 2. The summed E-state index contributed by atoms with van der Waals surface area (Å²) in [6.07, 6.45) is 3.12. The van der Waals surface area contributed by atoms with Gasteiger partial charge < -0.3 is 15.5 Å². The average molecular weight is 431 g/mol. The first kappa shape index (κ1) is 20.2. The average Bonchev–Trinajstić information content (AvgIpc) is 3.10. The van der Waals surface area contributed by atoms with E-state index in [4.69, 9.17) is 5.73 Å². The van der Waals surface area contributed by atoms with Crippen molar-refractivity contribution in [2.24, 2.45) is 17.6 Å². The van der Waals surface area contributed by atoms with Crippen molar-refractivity contribution in [1.29, 1.82) is 0 Å². The van der Waals surface area contributed by atoms with Crippen molar-refractivity contribution in [1.82, 2.24) is 9.80 Å². The highest BCUT2D eigenvalue weighted by Gasteiger charge is 2.36. The molecule has 2 aliphatic rings. The highest BCUT2D eigenvalue weighted by Crippen LogP contribution is 2.32. The fourth-order valence-corrected chi connectivity index (χ4v) is 4.05. The second kappa shape index (κ2) is 9.01. The van der Waals surface area contributed by atoms with Crippen molar-refractivity contribution in [3.63, 3.8) is 0 Å². The lowest BCUT2D eigenvalue weighted by Crippen LogP contribution is -2.52. The van der Waals surface area contributed by atoms with E-state index < -0.39 is 0 Å². The number of amides is 2. The first-order valence-corrected chi connectivity index (χ1v) is 9.43. The number of halogens is 2. The second-order valence-electron chi connectivity index (χ2n) is 6.66. The van der Waals surface area contributed by atoms with Gasteiger partial charge in [0.05, 0.1) is 0 Å². The SMILES string of the molecule is Cl.NC[C@H]1CCC[C@H]1C(=O)N1CCN(C(=O)c2ccc(Br)cc2)CC1. The molecule has 1 aromatic carbocycles. The van der Waals surface area contributed by atoms with Gasteiger partial charge in [-0.05, 0) is 49.6 Å². The van der Waals surface area contributed by atoms with Gasteiger partial charge in [0.2, 0.25) is 5.91 Å². The van der Waals surface area contributed by atoms with Crippen LogP contribution < -0.4 is 5.73 Å². The van der Waals surface area contributed by atoms with Crippen molar-refractivity contribution in [3.8, 4) is 0 Å². The van der Waals surface area contributed by atoms with Gasteiger partial charge in [0.25, 0.3) is 5.91 Å². The molecule has 25 heavy (non-hydrogen) atoms. The molecule has 0 aromatic heterocycles. The molecule has 3 rings (SSSR count). The topological polar surface area (TPSA) is 66.6 Å². The molecule has 0 radical (unpaired) electrons. The Morgan fingerprint density at radius 3 is 2.24 bits per heavy atom. The molecule has 1 aliphatic carbocycles. The maximum Gasteiger partial charge on any atom is 0.253 e. The van der Waals surface area contributed by atoms with E-state index in [0.717, 1.165) is 23.7 Å². The van der Waals surface area contributed by atoms with Crippen LogP contribution in [0.2, 0.25) is 0 Å². The second-order valence-corrected chi connectivity index (χ2v) is 7.57. The third kappa shape index (κ3) is 4.54. The van der Waals surface area contributed by atoms with E-state index in [0.29, 0.717) is 44.2 Å². The number of nitrogens with two attached hydrogens (primary N) is 1. The van der Waals surface area contributed by atoms with Gasteiger partial charge in [-0.1, -0.05) is 22.4 Å². The maximum absolute atomic E-state index is 12.7. The molecule has 0 spiro atoms. The molecule has 2 fully saturated rings. The maximum atomic E-state index is 12.7. The lowest BCUT2D eigenvalue weighted by Gasteiger charge is -2.36. The lowest BCUT2D eigenvalue weighted by molar-refractivity contribution is -0.138. The Kier molecular flexibility index (Phi) is 7.28. The van der Waals surface area contributed by atoms with Crippen molar-refractivity contribution in [3.05, 3.63) is 34.3 Å². The van der Waals surface area contributed by atoms with Gasteiger partial charge >= 0.3 is 0 Å². The van der Waals surface area contributed by atoms with Crippen molar-refractivity contribution < 1.29 is 9.59 Å². The highest BCUT2D eigenvalue weighted by atomic mass is 79.9. The van der Waals surface area contributed by atoms with E-state index in [1.165, 1.54) is 0 Å². The van der Waals surface area contributed by atoms with Crippen LogP contribution in [0.15, 0.2) is 28.7 Å². The summed E-state index contributed by atoms with van der Waals surface area (Å²) < 4.78 is 0.959. The summed E-state index contributed by atoms with van der Waals surface area (Å²) in [7, 11) is 0. The summed E-state index contributed by atoms with van der Waals surface area (Å²) in [6, 6.07) is 7.41. The summed E-state index contributed by atoms with van der Waals surface area (Å²) >= 11 is 3.38. The van der Waals surface area contributed by atoms with Crippen LogP contribution >= 0.6 is 28.3 Å². The molecule has 0 bridgehead atoms. The molecule has 1 saturated heterocycles. The summed E-state index contributed by atoms with van der Waals surface area (Å²) in [4.78, 5) is 29.0. The van der Waals surface area contributed by atoms with Crippen LogP contribution in [-0.2, 0) is 4.79 Å². The molecule has 2 amide bonds. The monoisotopic (exact) mass is 429 g/mol. The molecule has 1 aliphatic heterocycles. The first-order valence-electron chi connectivity index (χ1n) is 8.64. The van der Waals surface area contributed by atoms with Gasteiger partial charge in [-0.3, -0.25) is 9.59 Å². The smallest absolute Gasteiger partial charge is 0.253 e. The molecule has 7 heteroatoms. The number of carbonyl (C=O) groups is 2. The van der Waals surface area contributed by atoms with E-state index in [-0.39, 0.29) is 30.1 Å². The predicted octanol–water partition coefficient (Wildman–Crippen LogP) is 2.53. The van der Waals surface area contributed by atoms with Crippen LogP contribution in [0.3, 0.4) is 0 Å². The molecule has 1 saturated carbocycles. The van der Waals surface area contributed by atoms with Gasteiger partial charge in [-0.15, -0.1) is 12.4 Å². The van der Waals surface area contributed by atoms with E-state index in [9.17, 15) is 9.59 Å². The highest BCUT2D eigenvalue weighted by molar-refractivity contribution is 9.10. The Hall–Kier alpha value is -1.11. The number of rotatable bonds is 3. The Balaban J connectivity index is 0.00000225. The van der Waals surface area contributed by atoms with Crippen LogP contribution in [0.4, 0.5) is 0 Å². The van der Waals surface area contributed by atoms with Crippen LogP contribution in [0.25, 0.3) is 0 Å². The Morgan fingerprint density at radius 1 is 1.04 bits per heavy atom. The van der Waals surface area contributed by atoms with Crippen molar-refractivity contribution in [2.75, 3.05) is 32.7 Å². The Bertz CT molecular complexity index is 603. The number of benzene rings is 1. The Morgan fingerprint density at radius 2 is 1.64 bits per heavy atom. The van der Waals surface area contributed by atoms with E-state index in [1.807, 2.05) is 34.1 Å². The summed E-state index contributed by atoms with van der Waals surface area (Å²) in [5.41, 5.74) is 6.49. The molecule has 1 heterocycles. The number of hydrogen-bond acceptors (Lipinski definition) is 3. The van der Waals surface area contributed by atoms with E-state index in [2.05, 4.69) is 15.9 Å². The molecule has 2 N–H and O–H groups in total. The fourth-order valence-electron chi connectivity index (χ4n) is 3.78. The summed E-state index contributed by atoms with van der Waals surface area (Å²) in [5, 5.41) is 0. The number of hydrogen-bond donors (Lipinski definition) is 1. The quantitative estimate of drug-likeness (QED) is 0.801. The molecule has 2 atom stereocenters. The zero-order valence-electron chi connectivity index (χ0n) is 14.2. The van der Waals surface area contributed by atoms with Crippen molar-refractivity contribution >= 4 is 40.2 Å². The summed E-state index contributed by atoms with van der Waals surface area (Å²) in [6.45, 7) is 3.03. The van der Waals surface area contributed by atoms with Crippen LogP contribution in [0.5, 0.6) is 0 Å². The minimum atomic E-state index is 0. The first-order chi connectivity index (χ1) is 11.6. The summed E-state index contributed by atoms with van der Waals surface area (Å²) in [5.74, 6) is 0.692. The van der Waals surface area contributed by atoms with Gasteiger partial charge in [-0.25, -0.2) is 0 Å². The third-order valence-electron chi connectivity index (χ3n) is 5.25. The minimum Gasteiger partial charge on any atom is -0.339 e. The van der Waals surface area contributed by atoms with Gasteiger partial charge in [0.1, 0.15) is 0 Å².